The largest absolute Gasteiger partial charge is 0.507 e. The van der Waals surface area contributed by atoms with Crippen molar-refractivity contribution in [3.05, 3.63) is 192 Å². The van der Waals surface area contributed by atoms with Crippen molar-refractivity contribution in [2.24, 2.45) is 5.92 Å². The van der Waals surface area contributed by atoms with Crippen LogP contribution >= 0.6 is 0 Å². The maximum atomic E-state index is 11.8. The van der Waals surface area contributed by atoms with E-state index in [1.807, 2.05) is 98.8 Å². The van der Waals surface area contributed by atoms with Crippen molar-refractivity contribution in [2.45, 2.75) is 60.1 Å². The van der Waals surface area contributed by atoms with E-state index in [0.29, 0.717) is 45.2 Å². The molecule has 9 rings (SSSR count). The van der Waals surface area contributed by atoms with Gasteiger partial charge in [0.1, 0.15) is 11.6 Å². The maximum absolute atomic E-state index is 11.8. The molecule has 0 fully saturated rings. The molecule has 0 unspecified atom stereocenters. The number of nitrogens with zero attached hydrogens (tertiary/aromatic N) is 3. The maximum Gasteiger partial charge on any atom is 0.148 e. The summed E-state index contributed by atoms with van der Waals surface area (Å²) in [6.07, 6.45) is 2.56. The quantitative estimate of drug-likeness (QED) is 0.147. The number of imidazole rings is 1. The van der Waals surface area contributed by atoms with E-state index in [-0.39, 0.29) is 32.4 Å². The molecule has 4 nitrogen and oxygen atoms in total. The van der Waals surface area contributed by atoms with Crippen LogP contribution in [0.3, 0.4) is 0 Å². The van der Waals surface area contributed by atoms with Gasteiger partial charge in [-0.1, -0.05) is 166 Å². The Morgan fingerprint density at radius 3 is 2.06 bits per heavy atom. The molecule has 0 amide bonds. The minimum atomic E-state index is -3.37. The van der Waals surface area contributed by atoms with Gasteiger partial charge in [-0.3, -0.25) is 9.55 Å². The number of aryl methyl sites for hydroxylation is 2. The number of hydrogen-bond acceptors (Lipinski definition) is 3. The summed E-state index contributed by atoms with van der Waals surface area (Å²) in [6, 6.07) is 54.1. The summed E-state index contributed by atoms with van der Waals surface area (Å²) in [5.41, 5.74) is 10.6. The zero-order valence-electron chi connectivity index (χ0n) is 44.5. The van der Waals surface area contributed by atoms with Gasteiger partial charge in [-0.05, 0) is 106 Å². The van der Waals surface area contributed by atoms with Crippen LogP contribution in [0.15, 0.2) is 164 Å². The molecule has 0 atom stereocenters. The Kier molecular flexibility index (Phi) is 9.39. The van der Waals surface area contributed by atoms with Gasteiger partial charge in [0.25, 0.3) is 0 Å². The smallest absolute Gasteiger partial charge is 0.148 e. The van der Waals surface area contributed by atoms with Crippen LogP contribution < -0.4 is 0 Å². The number of rotatable bonds is 9. The number of phenolic OH excluding ortho intramolecular Hbond substituents is 1. The molecule has 1 N–H and O–H groups in total. The average molecular weight is 1010 g/mol. The summed E-state index contributed by atoms with van der Waals surface area (Å²) < 4.78 is 75.9. The molecule has 0 spiro atoms. The number of benzene rings is 7. The van der Waals surface area contributed by atoms with Crippen molar-refractivity contribution < 1.29 is 38.5 Å². The standard InChI is InChI=1S/C58H52N3O.Pt/c1-37(2)29-40-21-26-53(50(32-40)43-17-12-9-13-18-43)61-54-20-14-19-49(55(54)60-57(61)51-31-38(3)30-39(4)56(51)62)46-33-45(41-15-10-8-11-16-41)34-47(35-46)52-36-44(27-28-59-52)42-22-24-48(25-23-42)58(5,6)7;/h8-28,30-34,36-37,62H,29H2,1-7H3;/q-1;/i5D3,6D3,7D3;. The fourth-order valence-corrected chi connectivity index (χ4v) is 8.42. The van der Waals surface area contributed by atoms with E-state index in [1.165, 1.54) is 17.7 Å². The first kappa shape index (κ1) is 33.2. The second kappa shape index (κ2) is 17.8. The molecule has 9 aromatic rings. The van der Waals surface area contributed by atoms with E-state index in [2.05, 4.69) is 66.9 Å². The van der Waals surface area contributed by atoms with Crippen LogP contribution in [0.2, 0.25) is 0 Å². The molecule has 0 aliphatic carbocycles. The van der Waals surface area contributed by atoms with Crippen molar-refractivity contribution in [2.75, 3.05) is 0 Å². The van der Waals surface area contributed by atoms with E-state index in [9.17, 15) is 5.11 Å². The van der Waals surface area contributed by atoms with Gasteiger partial charge in [0.05, 0.1) is 22.3 Å². The van der Waals surface area contributed by atoms with Crippen molar-refractivity contribution in [3.8, 4) is 78.6 Å². The van der Waals surface area contributed by atoms with Gasteiger partial charge in [-0.25, -0.2) is 4.98 Å². The fourth-order valence-electron chi connectivity index (χ4n) is 8.42. The Morgan fingerprint density at radius 1 is 0.651 bits per heavy atom. The molecule has 2 heterocycles. The van der Waals surface area contributed by atoms with Gasteiger partial charge < -0.3 is 5.11 Å². The van der Waals surface area contributed by atoms with Gasteiger partial charge in [0.2, 0.25) is 0 Å². The minimum Gasteiger partial charge on any atom is -0.507 e. The van der Waals surface area contributed by atoms with E-state index < -0.39 is 26.0 Å². The summed E-state index contributed by atoms with van der Waals surface area (Å²) in [5.74, 6) is 1.18. The summed E-state index contributed by atoms with van der Waals surface area (Å²) in [7, 11) is 0. The number of fused-ring (bicyclic) bond motifs is 1. The third kappa shape index (κ3) is 8.83. The van der Waals surface area contributed by atoms with Crippen LogP contribution in [0.25, 0.3) is 83.9 Å². The van der Waals surface area contributed by atoms with Crippen LogP contribution in [-0.4, -0.2) is 19.6 Å². The Labute approximate surface area is 399 Å². The molecular formula is C58H52N3OPt-. The molecular weight excluding hydrogens is 950 g/mol. The first-order valence-corrected chi connectivity index (χ1v) is 20.9. The molecule has 0 radical (unpaired) electrons. The molecule has 0 aliphatic rings. The second-order valence-corrected chi connectivity index (χ2v) is 16.6. The van der Waals surface area contributed by atoms with Crippen molar-refractivity contribution in [1.29, 1.82) is 0 Å². The summed E-state index contributed by atoms with van der Waals surface area (Å²) in [4.78, 5) is 10.3. The number of phenols is 1. The van der Waals surface area contributed by atoms with Crippen LogP contribution in [0.4, 0.5) is 0 Å². The third-order valence-electron chi connectivity index (χ3n) is 11.4. The molecule has 0 aliphatic heterocycles. The normalized spacial score (nSPS) is 14.3. The van der Waals surface area contributed by atoms with Crippen LogP contribution in [0.5, 0.6) is 5.75 Å². The summed E-state index contributed by atoms with van der Waals surface area (Å²) >= 11 is 0. The first-order chi connectivity index (χ1) is 33.7. The number of hydrogen-bond donors (Lipinski definition) is 1. The van der Waals surface area contributed by atoms with Crippen molar-refractivity contribution >= 4 is 11.0 Å². The number of aromatic nitrogens is 3. The molecule has 7 aromatic carbocycles. The molecule has 316 valence electrons. The monoisotopic (exact) mass is 1010 g/mol. The van der Waals surface area contributed by atoms with Gasteiger partial charge in [0, 0.05) is 50.9 Å². The second-order valence-electron chi connectivity index (χ2n) is 16.6. The number of para-hydroxylation sites is 1. The van der Waals surface area contributed by atoms with E-state index >= 15 is 0 Å². The molecule has 0 saturated heterocycles. The number of pyridine rings is 1. The topological polar surface area (TPSA) is 50.9 Å². The zero-order valence-corrected chi connectivity index (χ0v) is 37.8. The summed E-state index contributed by atoms with van der Waals surface area (Å²) in [5, 5.41) is 11.8. The zero-order chi connectivity index (χ0) is 50.6. The Hall–Kier alpha value is -6.35. The molecule has 63 heavy (non-hydrogen) atoms. The van der Waals surface area contributed by atoms with Gasteiger partial charge in [0.15, 0.2) is 0 Å². The van der Waals surface area contributed by atoms with E-state index in [0.717, 1.165) is 62.1 Å². The summed E-state index contributed by atoms with van der Waals surface area (Å²) in [6.45, 7) is -1.77. The molecule has 0 saturated carbocycles. The molecule has 2 aromatic heterocycles. The molecule has 5 heteroatoms. The Balaban J connectivity index is 0.00000693. The third-order valence-corrected chi connectivity index (χ3v) is 11.4. The van der Waals surface area contributed by atoms with Gasteiger partial charge >= 0.3 is 0 Å². The van der Waals surface area contributed by atoms with Crippen LogP contribution in [0, 0.1) is 25.8 Å². The van der Waals surface area contributed by atoms with Crippen LogP contribution in [0.1, 0.15) is 69.0 Å². The van der Waals surface area contributed by atoms with E-state index in [1.54, 1.807) is 24.4 Å². The fraction of sp³-hybridized carbons (Fsp3) is 0.172. The Morgan fingerprint density at radius 2 is 1.35 bits per heavy atom. The van der Waals surface area contributed by atoms with Crippen LogP contribution in [-0.2, 0) is 32.9 Å². The van der Waals surface area contributed by atoms with E-state index in [4.69, 9.17) is 22.3 Å². The van der Waals surface area contributed by atoms with Crippen molar-refractivity contribution in [1.82, 2.24) is 14.5 Å². The first-order valence-electron chi connectivity index (χ1n) is 25.4. The minimum absolute atomic E-state index is 0. The predicted octanol–water partition coefficient (Wildman–Crippen LogP) is 15.0. The Bertz CT molecular complexity index is 3380. The van der Waals surface area contributed by atoms with Gasteiger partial charge in [-0.15, -0.1) is 23.8 Å². The average Bonchev–Trinajstić information content (AvgIpc) is 3.71. The SMILES string of the molecule is [2H]C([2H])([2H])C(c1ccc(-c2ccnc(-c3[c-]c(-c4cccc5c4nc(-c4cc(C)cc(C)c4O)n5-c4ccc(CC(C)C)cc4-c4ccccc4)cc(-c4ccccc4)c3)c2)cc1)(C([2H])([2H])[2H])C([2H])([2H])[2H].[Pt]. The number of aromatic hydroxyl groups is 1. The predicted molar refractivity (Wildman–Crippen MR) is 259 cm³/mol. The van der Waals surface area contributed by atoms with Gasteiger partial charge in [-0.2, -0.15) is 0 Å². The van der Waals surface area contributed by atoms with Crippen molar-refractivity contribution in [3.63, 3.8) is 0 Å². The molecule has 0 bridgehead atoms.